The molecule has 3 heterocycles. The summed E-state index contributed by atoms with van der Waals surface area (Å²) in [4.78, 5) is 9.37. The van der Waals surface area contributed by atoms with Gasteiger partial charge in [0, 0.05) is 56.2 Å². The Kier molecular flexibility index (Phi) is 5.27. The van der Waals surface area contributed by atoms with Crippen LogP contribution in [0.3, 0.4) is 0 Å². The Hall–Kier alpha value is -3.44. The molecule has 1 saturated heterocycles. The lowest BCUT2D eigenvalue weighted by molar-refractivity contribution is 0.249. The van der Waals surface area contributed by atoms with Crippen molar-refractivity contribution in [2.45, 2.75) is 6.54 Å². The molecular formula is C25H25N5. The van der Waals surface area contributed by atoms with Crippen molar-refractivity contribution in [1.82, 2.24) is 19.7 Å². The standard InChI is InChI=1S/C25H25N5/c1-3-9-21(10-4-1)25-22(20-30(27-25)23-11-5-2-6-12-23)19-28-15-17-29(18-16-28)24-13-7-8-14-26-24/h1-14,20H,15-19H2. The van der Waals surface area contributed by atoms with Crippen LogP contribution in [-0.2, 0) is 6.54 Å². The average molecular weight is 396 g/mol. The minimum atomic E-state index is 0.896. The lowest BCUT2D eigenvalue weighted by Crippen LogP contribution is -2.46. The van der Waals surface area contributed by atoms with Gasteiger partial charge in [-0.2, -0.15) is 5.10 Å². The van der Waals surface area contributed by atoms with E-state index in [2.05, 4.69) is 81.6 Å². The fourth-order valence-electron chi connectivity index (χ4n) is 3.99. The Labute approximate surface area is 177 Å². The minimum absolute atomic E-state index is 0.896. The molecule has 2 aromatic heterocycles. The maximum atomic E-state index is 4.95. The fraction of sp³-hybridized carbons (Fsp3) is 0.200. The van der Waals surface area contributed by atoms with Crippen molar-refractivity contribution < 1.29 is 0 Å². The molecule has 0 saturated carbocycles. The quantitative estimate of drug-likeness (QED) is 0.506. The van der Waals surface area contributed by atoms with Crippen LogP contribution in [0, 0.1) is 0 Å². The third-order valence-electron chi connectivity index (χ3n) is 5.60. The van der Waals surface area contributed by atoms with Gasteiger partial charge in [0.05, 0.1) is 11.4 Å². The van der Waals surface area contributed by atoms with Gasteiger partial charge in [0.2, 0.25) is 0 Å². The van der Waals surface area contributed by atoms with Crippen LogP contribution < -0.4 is 4.90 Å². The Morgan fingerprint density at radius 1 is 0.733 bits per heavy atom. The Morgan fingerprint density at radius 2 is 1.43 bits per heavy atom. The lowest BCUT2D eigenvalue weighted by atomic mass is 10.1. The van der Waals surface area contributed by atoms with E-state index in [4.69, 9.17) is 5.10 Å². The molecule has 0 bridgehead atoms. The summed E-state index contributed by atoms with van der Waals surface area (Å²) in [6.07, 6.45) is 4.05. The Balaban J connectivity index is 1.37. The number of benzene rings is 2. The highest BCUT2D eigenvalue weighted by molar-refractivity contribution is 5.63. The first-order valence-corrected chi connectivity index (χ1v) is 10.4. The molecule has 1 aliphatic heterocycles. The zero-order chi connectivity index (χ0) is 20.2. The molecule has 0 amide bonds. The minimum Gasteiger partial charge on any atom is -0.354 e. The van der Waals surface area contributed by atoms with Crippen LogP contribution in [0.25, 0.3) is 16.9 Å². The Bertz CT molecular complexity index is 1070. The molecule has 1 fully saturated rings. The molecule has 5 nitrogen and oxygen atoms in total. The second-order valence-corrected chi connectivity index (χ2v) is 7.60. The van der Waals surface area contributed by atoms with Crippen LogP contribution >= 0.6 is 0 Å². The zero-order valence-electron chi connectivity index (χ0n) is 16.9. The van der Waals surface area contributed by atoms with Gasteiger partial charge in [-0.15, -0.1) is 0 Å². The van der Waals surface area contributed by atoms with Crippen molar-refractivity contribution in [3.63, 3.8) is 0 Å². The molecule has 0 unspecified atom stereocenters. The van der Waals surface area contributed by atoms with Gasteiger partial charge in [0.25, 0.3) is 0 Å². The predicted octanol–water partition coefficient (Wildman–Crippen LogP) is 4.26. The molecule has 30 heavy (non-hydrogen) atoms. The van der Waals surface area contributed by atoms with Crippen molar-refractivity contribution in [2.24, 2.45) is 0 Å². The molecule has 0 radical (unpaired) electrons. The summed E-state index contributed by atoms with van der Waals surface area (Å²) in [7, 11) is 0. The number of nitrogens with zero attached hydrogens (tertiary/aromatic N) is 5. The van der Waals surface area contributed by atoms with Gasteiger partial charge in [-0.1, -0.05) is 54.6 Å². The Morgan fingerprint density at radius 3 is 2.13 bits per heavy atom. The van der Waals surface area contributed by atoms with Gasteiger partial charge in [-0.05, 0) is 24.3 Å². The van der Waals surface area contributed by atoms with E-state index in [1.807, 2.05) is 29.1 Å². The van der Waals surface area contributed by atoms with Crippen LogP contribution in [0.2, 0.25) is 0 Å². The topological polar surface area (TPSA) is 37.2 Å². The van der Waals surface area contributed by atoms with E-state index in [0.717, 1.165) is 55.5 Å². The molecule has 5 heteroatoms. The first-order valence-electron chi connectivity index (χ1n) is 10.4. The molecule has 4 aromatic rings. The molecule has 0 spiro atoms. The third kappa shape index (κ3) is 3.98. The smallest absolute Gasteiger partial charge is 0.128 e. The van der Waals surface area contributed by atoms with E-state index in [1.54, 1.807) is 0 Å². The number of pyridine rings is 1. The maximum absolute atomic E-state index is 4.95. The van der Waals surface area contributed by atoms with Crippen LogP contribution in [0.4, 0.5) is 5.82 Å². The van der Waals surface area contributed by atoms with E-state index >= 15 is 0 Å². The van der Waals surface area contributed by atoms with E-state index in [9.17, 15) is 0 Å². The summed E-state index contributed by atoms with van der Waals surface area (Å²) in [6, 6.07) is 26.9. The van der Waals surface area contributed by atoms with E-state index in [-0.39, 0.29) is 0 Å². The van der Waals surface area contributed by atoms with E-state index in [1.165, 1.54) is 5.56 Å². The number of hydrogen-bond acceptors (Lipinski definition) is 4. The molecule has 5 rings (SSSR count). The molecule has 0 N–H and O–H groups in total. The second-order valence-electron chi connectivity index (χ2n) is 7.60. The van der Waals surface area contributed by atoms with Gasteiger partial charge in [0.1, 0.15) is 5.82 Å². The van der Waals surface area contributed by atoms with Crippen molar-refractivity contribution >= 4 is 5.82 Å². The second kappa shape index (κ2) is 8.51. The van der Waals surface area contributed by atoms with Crippen molar-refractivity contribution in [3.8, 4) is 16.9 Å². The van der Waals surface area contributed by atoms with Gasteiger partial charge >= 0.3 is 0 Å². The molecule has 150 valence electrons. The third-order valence-corrected chi connectivity index (χ3v) is 5.60. The molecule has 0 atom stereocenters. The highest BCUT2D eigenvalue weighted by atomic mass is 15.3. The molecule has 1 aliphatic rings. The SMILES string of the molecule is c1ccc(-c2nn(-c3ccccc3)cc2CN2CCN(c3ccccn3)CC2)cc1. The van der Waals surface area contributed by atoms with Crippen LogP contribution in [0.1, 0.15) is 5.56 Å². The number of piperazine rings is 1. The van der Waals surface area contributed by atoms with Crippen LogP contribution in [-0.4, -0.2) is 45.8 Å². The monoisotopic (exact) mass is 395 g/mol. The van der Waals surface area contributed by atoms with Gasteiger partial charge in [0.15, 0.2) is 0 Å². The van der Waals surface area contributed by atoms with Crippen molar-refractivity contribution in [3.05, 3.63) is 96.8 Å². The van der Waals surface area contributed by atoms with Gasteiger partial charge in [-0.3, -0.25) is 4.90 Å². The van der Waals surface area contributed by atoms with E-state index < -0.39 is 0 Å². The lowest BCUT2D eigenvalue weighted by Gasteiger charge is -2.35. The predicted molar refractivity (Wildman–Crippen MR) is 121 cm³/mol. The maximum Gasteiger partial charge on any atom is 0.128 e. The number of hydrogen-bond donors (Lipinski definition) is 0. The molecule has 2 aromatic carbocycles. The zero-order valence-corrected chi connectivity index (χ0v) is 16.9. The number of para-hydroxylation sites is 1. The first kappa shape index (κ1) is 18.6. The highest BCUT2D eigenvalue weighted by Crippen LogP contribution is 2.25. The van der Waals surface area contributed by atoms with Crippen LogP contribution in [0.5, 0.6) is 0 Å². The number of aromatic nitrogens is 3. The summed E-state index contributed by atoms with van der Waals surface area (Å²) in [6.45, 7) is 4.91. The van der Waals surface area contributed by atoms with Crippen molar-refractivity contribution in [1.29, 1.82) is 0 Å². The average Bonchev–Trinajstić information content (AvgIpc) is 3.25. The summed E-state index contributed by atoms with van der Waals surface area (Å²) >= 11 is 0. The summed E-state index contributed by atoms with van der Waals surface area (Å²) in [5, 5.41) is 4.95. The normalized spacial score (nSPS) is 14.7. The van der Waals surface area contributed by atoms with Crippen LogP contribution in [0.15, 0.2) is 91.3 Å². The summed E-state index contributed by atoms with van der Waals surface area (Å²) in [5.41, 5.74) is 4.57. The largest absolute Gasteiger partial charge is 0.354 e. The number of anilines is 1. The number of rotatable bonds is 5. The molecule has 0 aliphatic carbocycles. The van der Waals surface area contributed by atoms with Gasteiger partial charge < -0.3 is 4.90 Å². The summed E-state index contributed by atoms with van der Waals surface area (Å²) < 4.78 is 2.00. The fourth-order valence-corrected chi connectivity index (χ4v) is 3.99. The first-order chi connectivity index (χ1) is 14.9. The highest BCUT2D eigenvalue weighted by Gasteiger charge is 2.21. The summed E-state index contributed by atoms with van der Waals surface area (Å²) in [5.74, 6) is 1.07. The van der Waals surface area contributed by atoms with Crippen molar-refractivity contribution in [2.75, 3.05) is 31.1 Å². The van der Waals surface area contributed by atoms with Gasteiger partial charge in [-0.25, -0.2) is 9.67 Å². The molecular weight excluding hydrogens is 370 g/mol. The van der Waals surface area contributed by atoms with E-state index in [0.29, 0.717) is 0 Å².